The first kappa shape index (κ1) is 21.4. The second-order valence-corrected chi connectivity index (χ2v) is 7.52. The van der Waals surface area contributed by atoms with Gasteiger partial charge >= 0.3 is 0 Å². The Balaban J connectivity index is 1.86. The number of halogens is 1. The van der Waals surface area contributed by atoms with Crippen LogP contribution in [0, 0.1) is 11.7 Å². The van der Waals surface area contributed by atoms with Crippen LogP contribution in [0.25, 0.3) is 11.3 Å². The normalized spacial score (nSPS) is 11.0. The fourth-order valence-corrected chi connectivity index (χ4v) is 3.00. The molecule has 1 amide bonds. The minimum atomic E-state index is -0.512. The minimum absolute atomic E-state index is 0.0426. The summed E-state index contributed by atoms with van der Waals surface area (Å²) in [5, 5.41) is 10.8. The van der Waals surface area contributed by atoms with Crippen molar-refractivity contribution >= 4 is 11.7 Å². The van der Waals surface area contributed by atoms with E-state index in [1.54, 1.807) is 19.0 Å². The summed E-state index contributed by atoms with van der Waals surface area (Å²) < 4.78 is 29.6. The van der Waals surface area contributed by atoms with Crippen molar-refractivity contribution in [3.05, 3.63) is 47.1 Å². The molecule has 0 aliphatic heterocycles. The van der Waals surface area contributed by atoms with Crippen molar-refractivity contribution in [2.45, 2.75) is 26.8 Å². The second-order valence-electron chi connectivity index (χ2n) is 7.52. The van der Waals surface area contributed by atoms with E-state index in [4.69, 9.17) is 13.8 Å². The maximum atomic E-state index is 13.8. The van der Waals surface area contributed by atoms with E-state index in [2.05, 4.69) is 29.5 Å². The van der Waals surface area contributed by atoms with Crippen LogP contribution in [0.4, 0.5) is 10.2 Å². The first-order chi connectivity index (χ1) is 14.3. The van der Waals surface area contributed by atoms with Crippen molar-refractivity contribution in [3.63, 3.8) is 0 Å². The number of nitrogens with one attached hydrogen (secondary N) is 1. The van der Waals surface area contributed by atoms with Gasteiger partial charge in [0.05, 0.1) is 19.3 Å². The van der Waals surface area contributed by atoms with Crippen LogP contribution in [0.5, 0.6) is 5.75 Å². The molecule has 0 saturated carbocycles. The number of benzene rings is 1. The topological polar surface area (TPSA) is 93.6 Å². The quantitative estimate of drug-likeness (QED) is 0.599. The van der Waals surface area contributed by atoms with Gasteiger partial charge in [0.1, 0.15) is 5.56 Å². The van der Waals surface area contributed by atoms with E-state index >= 15 is 0 Å². The van der Waals surface area contributed by atoms with E-state index in [1.807, 2.05) is 6.07 Å². The number of ether oxygens (including phenoxy) is 1. The standard InChI is InChI=1S/C21H25FN4O4/c1-12(2)8-14-10-15(29-24-14)11-23-21(27)18-19(30-25-20(18)26(3)4)13-6-7-16(22)17(9-13)28-5/h6-7,9-10,12H,8,11H2,1-5H3,(H,23,27). The molecule has 0 aliphatic carbocycles. The average molecular weight is 416 g/mol. The zero-order valence-electron chi connectivity index (χ0n) is 17.7. The summed E-state index contributed by atoms with van der Waals surface area (Å²) in [5.74, 6) is 0.693. The number of aromatic nitrogens is 2. The molecular formula is C21H25FN4O4. The van der Waals surface area contributed by atoms with Crippen molar-refractivity contribution in [1.29, 1.82) is 0 Å². The molecule has 0 unspecified atom stereocenters. The molecule has 0 fully saturated rings. The molecule has 0 aliphatic rings. The zero-order valence-corrected chi connectivity index (χ0v) is 17.7. The Bertz CT molecular complexity index is 1030. The maximum absolute atomic E-state index is 13.8. The molecule has 3 aromatic rings. The van der Waals surface area contributed by atoms with Crippen LogP contribution >= 0.6 is 0 Å². The van der Waals surface area contributed by atoms with Crippen molar-refractivity contribution in [1.82, 2.24) is 15.6 Å². The SMILES string of the molecule is COc1cc(-c2onc(N(C)C)c2C(=O)NCc2cc(CC(C)C)no2)ccc1F. The highest BCUT2D eigenvalue weighted by atomic mass is 19.1. The van der Waals surface area contributed by atoms with Gasteiger partial charge in [0, 0.05) is 25.7 Å². The Kier molecular flexibility index (Phi) is 6.39. The van der Waals surface area contributed by atoms with Gasteiger partial charge in [-0.1, -0.05) is 24.2 Å². The van der Waals surface area contributed by atoms with Gasteiger partial charge in [0.2, 0.25) is 0 Å². The Morgan fingerprint density at radius 1 is 1.23 bits per heavy atom. The molecule has 160 valence electrons. The van der Waals surface area contributed by atoms with Crippen LogP contribution in [0.1, 0.15) is 35.7 Å². The predicted molar refractivity (Wildman–Crippen MR) is 109 cm³/mol. The van der Waals surface area contributed by atoms with Crippen LogP contribution in [-0.4, -0.2) is 37.4 Å². The number of carbonyl (C=O) groups is 1. The van der Waals surface area contributed by atoms with Gasteiger partial charge < -0.3 is 24.0 Å². The van der Waals surface area contributed by atoms with Crippen LogP contribution in [-0.2, 0) is 13.0 Å². The third-order valence-corrected chi connectivity index (χ3v) is 4.39. The molecule has 1 aromatic carbocycles. The fourth-order valence-electron chi connectivity index (χ4n) is 3.00. The largest absolute Gasteiger partial charge is 0.494 e. The highest BCUT2D eigenvalue weighted by Crippen LogP contribution is 2.33. The summed E-state index contributed by atoms with van der Waals surface area (Å²) in [7, 11) is 4.86. The molecule has 8 nitrogen and oxygen atoms in total. The monoisotopic (exact) mass is 416 g/mol. The van der Waals surface area contributed by atoms with Crippen LogP contribution < -0.4 is 15.0 Å². The number of rotatable bonds is 8. The molecule has 30 heavy (non-hydrogen) atoms. The number of amides is 1. The number of anilines is 1. The highest BCUT2D eigenvalue weighted by Gasteiger charge is 2.26. The van der Waals surface area contributed by atoms with E-state index in [9.17, 15) is 9.18 Å². The maximum Gasteiger partial charge on any atom is 0.259 e. The summed E-state index contributed by atoms with van der Waals surface area (Å²) >= 11 is 0. The molecular weight excluding hydrogens is 391 g/mol. The number of hydrogen-bond donors (Lipinski definition) is 1. The van der Waals surface area contributed by atoms with Gasteiger partial charge in [-0.2, -0.15) is 0 Å². The van der Waals surface area contributed by atoms with Gasteiger partial charge in [0.15, 0.2) is 28.9 Å². The van der Waals surface area contributed by atoms with Gasteiger partial charge in [-0.25, -0.2) is 4.39 Å². The number of hydrogen-bond acceptors (Lipinski definition) is 7. The lowest BCUT2D eigenvalue weighted by Crippen LogP contribution is -2.25. The lowest BCUT2D eigenvalue weighted by Gasteiger charge is -2.11. The molecule has 9 heteroatoms. The lowest BCUT2D eigenvalue weighted by molar-refractivity contribution is 0.0947. The van der Waals surface area contributed by atoms with Crippen molar-refractivity contribution in [2.75, 3.05) is 26.1 Å². The Morgan fingerprint density at radius 3 is 2.67 bits per heavy atom. The Hall–Kier alpha value is -3.36. The average Bonchev–Trinajstić information content (AvgIpc) is 3.33. The van der Waals surface area contributed by atoms with Crippen molar-refractivity contribution in [3.8, 4) is 17.1 Å². The summed E-state index contributed by atoms with van der Waals surface area (Å²) in [6, 6.07) is 6.04. The lowest BCUT2D eigenvalue weighted by atomic mass is 10.1. The van der Waals surface area contributed by atoms with E-state index in [1.165, 1.54) is 25.3 Å². The molecule has 0 saturated heterocycles. The summed E-state index contributed by atoms with van der Waals surface area (Å²) in [6.07, 6.45) is 0.796. The van der Waals surface area contributed by atoms with Gasteiger partial charge in [-0.3, -0.25) is 4.79 Å². The molecule has 0 bridgehead atoms. The molecule has 1 N–H and O–H groups in total. The van der Waals surface area contributed by atoms with Crippen LogP contribution in [0.3, 0.4) is 0 Å². The Labute approximate surface area is 174 Å². The summed E-state index contributed by atoms with van der Waals surface area (Å²) in [6.45, 7) is 4.35. The molecule has 0 atom stereocenters. The highest BCUT2D eigenvalue weighted by molar-refractivity contribution is 6.04. The molecule has 0 radical (unpaired) electrons. The summed E-state index contributed by atoms with van der Waals surface area (Å²) in [4.78, 5) is 14.7. The van der Waals surface area contributed by atoms with Crippen LogP contribution in [0.2, 0.25) is 0 Å². The first-order valence-electron chi connectivity index (χ1n) is 9.53. The third-order valence-electron chi connectivity index (χ3n) is 4.39. The molecule has 0 spiro atoms. The zero-order chi connectivity index (χ0) is 21.8. The summed E-state index contributed by atoms with van der Waals surface area (Å²) in [5.41, 5.74) is 1.54. The predicted octanol–water partition coefficient (Wildman–Crippen LogP) is 3.67. The van der Waals surface area contributed by atoms with Crippen LogP contribution in [0.15, 0.2) is 33.3 Å². The van der Waals surface area contributed by atoms with Gasteiger partial charge in [-0.05, 0) is 30.5 Å². The first-order valence-corrected chi connectivity index (χ1v) is 9.53. The molecule has 3 rings (SSSR count). The van der Waals surface area contributed by atoms with E-state index in [0.29, 0.717) is 23.1 Å². The third kappa shape index (κ3) is 4.61. The number of methoxy groups -OCH3 is 1. The fraction of sp³-hybridized carbons (Fsp3) is 0.381. The van der Waals surface area contributed by atoms with Crippen molar-refractivity contribution < 1.29 is 23.0 Å². The Morgan fingerprint density at radius 2 is 2.00 bits per heavy atom. The van der Waals surface area contributed by atoms with Crippen molar-refractivity contribution in [2.24, 2.45) is 5.92 Å². The second kappa shape index (κ2) is 8.98. The number of carbonyl (C=O) groups excluding carboxylic acids is 1. The van der Waals surface area contributed by atoms with Gasteiger partial charge in [-0.15, -0.1) is 0 Å². The molecule has 2 heterocycles. The van der Waals surface area contributed by atoms with E-state index < -0.39 is 11.7 Å². The number of nitrogens with zero attached hydrogens (tertiary/aromatic N) is 3. The van der Waals surface area contributed by atoms with E-state index in [0.717, 1.165) is 12.1 Å². The van der Waals surface area contributed by atoms with Gasteiger partial charge in [0.25, 0.3) is 5.91 Å². The molecule has 2 aromatic heterocycles. The van der Waals surface area contributed by atoms with E-state index in [-0.39, 0.29) is 23.6 Å². The smallest absolute Gasteiger partial charge is 0.259 e. The minimum Gasteiger partial charge on any atom is -0.494 e.